The van der Waals surface area contributed by atoms with Gasteiger partial charge in [-0.15, -0.1) is 0 Å². The lowest BCUT2D eigenvalue weighted by Gasteiger charge is -2.74. The smallest absolute Gasteiger partial charge is 0.308 e. The van der Waals surface area contributed by atoms with E-state index < -0.39 is 129 Å². The summed E-state index contributed by atoms with van der Waals surface area (Å²) in [6.45, 7) is 14.1. The van der Waals surface area contributed by atoms with Crippen LogP contribution in [0.25, 0.3) is 0 Å². The lowest BCUT2D eigenvalue weighted by molar-refractivity contribution is -0.479. The number of ether oxygens (including phenoxy) is 9. The Morgan fingerprint density at radius 2 is 1.48 bits per heavy atom. The molecule has 5 heterocycles. The van der Waals surface area contributed by atoms with Gasteiger partial charge >= 0.3 is 35.8 Å². The lowest BCUT2D eigenvalue weighted by atomic mass is 9.35. The molecule has 8 aliphatic rings. The van der Waals surface area contributed by atoms with Gasteiger partial charge in [-0.1, -0.05) is 34.6 Å². The molecule has 308 valence electrons. The van der Waals surface area contributed by atoms with Crippen LogP contribution in [0.1, 0.15) is 99.7 Å². The van der Waals surface area contributed by atoms with Gasteiger partial charge in [0, 0.05) is 67.8 Å². The fourth-order valence-corrected chi connectivity index (χ4v) is 13.0. The van der Waals surface area contributed by atoms with Gasteiger partial charge in [0.2, 0.25) is 5.60 Å². The molecule has 56 heavy (non-hydrogen) atoms. The average Bonchev–Trinajstić information content (AvgIpc) is 3.70. The number of carbonyl (C=O) groups excluding carboxylic acids is 6. The molecule has 0 N–H and O–H groups in total. The summed E-state index contributed by atoms with van der Waals surface area (Å²) in [6, 6.07) is 1.64. The number of furan rings is 1. The first kappa shape index (κ1) is 40.2. The largest absolute Gasteiger partial charge is 0.472 e. The first-order valence-electron chi connectivity index (χ1n) is 19.0. The molecular formula is C40H52O16. The van der Waals surface area contributed by atoms with E-state index in [1.54, 1.807) is 26.8 Å². The molecule has 2 spiro atoms. The molecule has 16 heteroatoms. The molecule has 0 aromatic carbocycles. The van der Waals surface area contributed by atoms with Crippen molar-refractivity contribution in [2.45, 2.75) is 135 Å². The zero-order valence-corrected chi connectivity index (χ0v) is 33.7. The van der Waals surface area contributed by atoms with Gasteiger partial charge in [-0.3, -0.25) is 28.8 Å². The van der Waals surface area contributed by atoms with Crippen molar-refractivity contribution in [1.29, 1.82) is 0 Å². The lowest BCUT2D eigenvalue weighted by Crippen LogP contribution is -2.89. The topological polar surface area (TPSA) is 199 Å². The third-order valence-electron chi connectivity index (χ3n) is 14.2. The Morgan fingerprint density at radius 1 is 0.839 bits per heavy atom. The van der Waals surface area contributed by atoms with Crippen LogP contribution < -0.4 is 0 Å². The van der Waals surface area contributed by atoms with Crippen molar-refractivity contribution in [3.05, 3.63) is 24.2 Å². The van der Waals surface area contributed by atoms with E-state index in [1.807, 2.05) is 20.8 Å². The van der Waals surface area contributed by atoms with E-state index in [1.165, 1.54) is 47.5 Å². The van der Waals surface area contributed by atoms with E-state index in [0.717, 1.165) is 0 Å². The fourth-order valence-electron chi connectivity index (χ4n) is 13.0. The number of carbonyl (C=O) groups is 6. The summed E-state index contributed by atoms with van der Waals surface area (Å²) in [4.78, 5) is 81.8. The molecule has 0 radical (unpaired) electrons. The Morgan fingerprint density at radius 3 is 2.02 bits per heavy atom. The Bertz CT molecular complexity index is 1840. The minimum atomic E-state index is -2.17. The summed E-state index contributed by atoms with van der Waals surface area (Å²) < 4.78 is 63.3. The van der Waals surface area contributed by atoms with Crippen LogP contribution in [0.3, 0.4) is 0 Å². The van der Waals surface area contributed by atoms with Gasteiger partial charge in [0.05, 0.1) is 45.2 Å². The highest BCUT2D eigenvalue weighted by Gasteiger charge is 3.00. The van der Waals surface area contributed by atoms with Crippen LogP contribution in [-0.4, -0.2) is 91.1 Å². The number of esters is 6. The number of hydrogen-bond donors (Lipinski definition) is 0. The average molecular weight is 789 g/mol. The molecule has 4 aliphatic heterocycles. The molecule has 1 aromatic heterocycles. The third-order valence-corrected chi connectivity index (χ3v) is 14.2. The van der Waals surface area contributed by atoms with Crippen LogP contribution in [-0.2, 0) is 71.4 Å². The number of hydrogen-bond acceptors (Lipinski definition) is 16. The quantitative estimate of drug-likeness (QED) is 0.229. The zero-order valence-electron chi connectivity index (χ0n) is 33.7. The number of fused-ring (bicyclic) bond motifs is 1. The molecule has 4 saturated carbocycles. The maximum Gasteiger partial charge on any atom is 0.308 e. The van der Waals surface area contributed by atoms with Gasteiger partial charge in [-0.25, -0.2) is 0 Å². The molecule has 14 atom stereocenters. The summed E-state index contributed by atoms with van der Waals surface area (Å²) in [5.41, 5.74) is -9.14. The van der Waals surface area contributed by atoms with E-state index >= 15 is 0 Å². The first-order chi connectivity index (χ1) is 26.1. The van der Waals surface area contributed by atoms with Crippen molar-refractivity contribution in [1.82, 2.24) is 0 Å². The molecule has 16 nitrogen and oxygen atoms in total. The van der Waals surface area contributed by atoms with Crippen LogP contribution in [0.4, 0.5) is 0 Å². The first-order valence-corrected chi connectivity index (χ1v) is 19.0. The normalized spacial score (nSPS) is 44.1. The van der Waals surface area contributed by atoms with E-state index in [0.29, 0.717) is 5.56 Å². The number of rotatable bonds is 11. The van der Waals surface area contributed by atoms with Gasteiger partial charge in [0.25, 0.3) is 5.97 Å². The van der Waals surface area contributed by atoms with E-state index in [-0.39, 0.29) is 19.3 Å². The Kier molecular flexibility index (Phi) is 9.14. The van der Waals surface area contributed by atoms with Crippen LogP contribution in [0.15, 0.2) is 23.0 Å². The molecule has 9 rings (SSSR count). The summed E-state index contributed by atoms with van der Waals surface area (Å²) in [5, 5.41) is 0. The van der Waals surface area contributed by atoms with E-state index in [4.69, 9.17) is 47.0 Å². The Labute approximate surface area is 324 Å². The van der Waals surface area contributed by atoms with Crippen LogP contribution in [0.2, 0.25) is 0 Å². The second-order valence-electron chi connectivity index (χ2n) is 17.6. The van der Waals surface area contributed by atoms with Crippen LogP contribution in [0.5, 0.6) is 0 Å². The number of methoxy groups -OCH3 is 2. The molecule has 4 saturated heterocycles. The van der Waals surface area contributed by atoms with E-state index in [2.05, 4.69) is 0 Å². The van der Waals surface area contributed by atoms with Crippen molar-refractivity contribution >= 4 is 35.8 Å². The van der Waals surface area contributed by atoms with Gasteiger partial charge in [0.1, 0.15) is 17.3 Å². The van der Waals surface area contributed by atoms with Crippen molar-refractivity contribution in [2.75, 3.05) is 14.2 Å². The standard InChI is InChI=1S/C40H52O16/c1-19(2)31(46)52-33-39-26(15-28(45)48-11)34(6,30(50-20(3)41)23-12-13-49-17-23)16-24-29(39)36(8)25(14-27(44)47-10)35(7)18-38(36,55-37(9,54-24)56-39)40(33,53-22(5)43)32(35)51-21(4)42/h12-13,17,19,24-26,29-30,32-33H,14-16,18H2,1-11H3/t24?,25-,26+,29+,30-,32-,33-,34+,35+,36-,37-,38+,39+,40-/m0/s1. The van der Waals surface area contributed by atoms with Crippen LogP contribution in [0, 0.1) is 39.9 Å². The SMILES string of the molecule is COC(=O)C[C@@H]1[C@](C)([C@@H](OC(C)=O)c2ccoc2)CC2O[C@]3(C)O[C@@]14[C@H]2[C@]1(C)[C@@H](CC(=O)OC)[C@@]2(C)C[C@]1(O3)[C@](OC(C)=O)([C@H]2OC(C)=O)[C@H]4OC(=O)C(C)C. The second-order valence-corrected chi connectivity index (χ2v) is 17.6. The maximum atomic E-state index is 14.3. The highest BCUT2D eigenvalue weighted by Crippen LogP contribution is 2.87. The fraction of sp³-hybridized carbons (Fsp3) is 0.750. The van der Waals surface area contributed by atoms with Crippen molar-refractivity contribution in [3.63, 3.8) is 0 Å². The summed E-state index contributed by atoms with van der Waals surface area (Å²) in [6.07, 6.45) is -2.57. The molecular weight excluding hydrogens is 736 g/mol. The molecule has 1 unspecified atom stereocenters. The summed E-state index contributed by atoms with van der Waals surface area (Å²) >= 11 is 0. The highest BCUT2D eigenvalue weighted by atomic mass is 16.9. The minimum Gasteiger partial charge on any atom is -0.472 e. The van der Waals surface area contributed by atoms with Crippen molar-refractivity contribution < 1.29 is 75.8 Å². The molecule has 6 bridgehead atoms. The maximum absolute atomic E-state index is 14.3. The van der Waals surface area contributed by atoms with Crippen molar-refractivity contribution in [3.8, 4) is 0 Å². The highest BCUT2D eigenvalue weighted by molar-refractivity contribution is 5.75. The predicted octanol–water partition coefficient (Wildman–Crippen LogP) is 4.11. The molecule has 4 aliphatic carbocycles. The second kappa shape index (κ2) is 12.7. The van der Waals surface area contributed by atoms with Crippen LogP contribution >= 0.6 is 0 Å². The Balaban J connectivity index is 1.65. The van der Waals surface area contributed by atoms with E-state index in [9.17, 15) is 28.8 Å². The van der Waals surface area contributed by atoms with Gasteiger partial charge in [0.15, 0.2) is 12.2 Å². The molecule has 8 fully saturated rings. The minimum absolute atomic E-state index is 0.0464. The van der Waals surface area contributed by atoms with Gasteiger partial charge < -0.3 is 47.0 Å². The summed E-state index contributed by atoms with van der Waals surface area (Å²) in [5.74, 6) is -9.54. The van der Waals surface area contributed by atoms with Gasteiger partial charge in [-0.2, -0.15) is 0 Å². The third kappa shape index (κ3) is 4.93. The molecule has 0 amide bonds. The van der Waals surface area contributed by atoms with Crippen molar-refractivity contribution in [2.24, 2.45) is 39.9 Å². The predicted molar refractivity (Wildman–Crippen MR) is 186 cm³/mol. The Hall–Kier alpha value is -4.02. The monoisotopic (exact) mass is 788 g/mol. The molecule has 1 aromatic rings. The van der Waals surface area contributed by atoms with Gasteiger partial charge in [-0.05, 0) is 24.8 Å². The zero-order chi connectivity index (χ0) is 41.2. The summed E-state index contributed by atoms with van der Waals surface area (Å²) in [7, 11) is 2.51.